The average Bonchev–Trinajstić information content (AvgIpc) is 2.92. The summed E-state index contributed by atoms with van der Waals surface area (Å²) >= 11 is 0. The van der Waals surface area contributed by atoms with Gasteiger partial charge in [-0.3, -0.25) is 13.9 Å². The maximum absolute atomic E-state index is 13.9. The Hall–Kier alpha value is -3.85. The quantitative estimate of drug-likeness (QED) is 0.359. The minimum atomic E-state index is -4.09. The topological polar surface area (TPSA) is 96.0 Å². The first-order valence-corrected chi connectivity index (χ1v) is 14.4. The Morgan fingerprint density at radius 2 is 1.56 bits per heavy atom. The fourth-order valence-corrected chi connectivity index (χ4v) is 5.67. The summed E-state index contributed by atoms with van der Waals surface area (Å²) in [6, 6.07) is 19.8. The molecular formula is C30H37N3O5S. The van der Waals surface area contributed by atoms with Gasteiger partial charge in [0.2, 0.25) is 11.8 Å². The van der Waals surface area contributed by atoms with Gasteiger partial charge in [0.25, 0.3) is 10.0 Å². The minimum absolute atomic E-state index is 0.0763. The molecule has 208 valence electrons. The third kappa shape index (κ3) is 7.60. The van der Waals surface area contributed by atoms with Crippen molar-refractivity contribution in [3.8, 4) is 5.75 Å². The number of rotatable bonds is 12. The molecule has 0 aliphatic rings. The molecule has 8 nitrogen and oxygen atoms in total. The first-order valence-electron chi connectivity index (χ1n) is 12.9. The van der Waals surface area contributed by atoms with E-state index in [9.17, 15) is 18.0 Å². The summed E-state index contributed by atoms with van der Waals surface area (Å²) in [5.74, 6) is -0.133. The van der Waals surface area contributed by atoms with Gasteiger partial charge in [0.1, 0.15) is 18.3 Å². The molecule has 1 N–H and O–H groups in total. The van der Waals surface area contributed by atoms with Crippen molar-refractivity contribution in [1.82, 2.24) is 10.2 Å². The number of hydrogen-bond acceptors (Lipinski definition) is 5. The third-order valence-electron chi connectivity index (χ3n) is 6.33. The Labute approximate surface area is 231 Å². The minimum Gasteiger partial charge on any atom is -0.497 e. The molecule has 3 rings (SSSR count). The highest BCUT2D eigenvalue weighted by Crippen LogP contribution is 2.26. The van der Waals surface area contributed by atoms with Crippen LogP contribution in [-0.2, 0) is 26.2 Å². The Morgan fingerprint density at radius 3 is 2.13 bits per heavy atom. The molecule has 39 heavy (non-hydrogen) atoms. The number of ether oxygens (including phenoxy) is 1. The molecule has 0 aromatic heterocycles. The molecule has 0 unspecified atom stereocenters. The van der Waals surface area contributed by atoms with Crippen LogP contribution < -0.4 is 14.4 Å². The van der Waals surface area contributed by atoms with E-state index >= 15 is 0 Å². The standard InChI is InChI=1S/C30H37N3O5S/c1-6-16-31-30(35)24(4)32(20-25-12-14-27(38-5)15-13-25)29(34)21-33(26-18-22(2)17-23(3)19-26)39(36,37)28-10-8-7-9-11-28/h7-15,17-19,24H,6,16,20-21H2,1-5H3,(H,31,35)/t24-/m1/s1. The molecule has 9 heteroatoms. The number of nitrogens with zero attached hydrogens (tertiary/aromatic N) is 2. The van der Waals surface area contributed by atoms with Crippen LogP contribution in [0.5, 0.6) is 5.75 Å². The normalized spacial score (nSPS) is 11.9. The molecule has 0 bridgehead atoms. The van der Waals surface area contributed by atoms with Gasteiger partial charge in [-0.1, -0.05) is 43.3 Å². The molecule has 0 aliphatic carbocycles. The maximum atomic E-state index is 13.9. The number of carbonyl (C=O) groups is 2. The molecule has 0 spiro atoms. The van der Waals surface area contributed by atoms with Crippen LogP contribution in [0.3, 0.4) is 0 Å². The molecule has 0 saturated carbocycles. The number of benzene rings is 3. The molecule has 0 fully saturated rings. The van der Waals surface area contributed by atoms with Crippen molar-refractivity contribution in [2.24, 2.45) is 0 Å². The molecule has 3 aromatic rings. The Kier molecular flexibility index (Phi) is 10.1. The van der Waals surface area contributed by atoms with Crippen LogP contribution in [0.25, 0.3) is 0 Å². The Morgan fingerprint density at radius 1 is 0.949 bits per heavy atom. The first-order chi connectivity index (χ1) is 18.6. The molecule has 1 atom stereocenters. The lowest BCUT2D eigenvalue weighted by molar-refractivity contribution is -0.139. The van der Waals surface area contributed by atoms with Gasteiger partial charge in [-0.05, 0) is 80.3 Å². The van der Waals surface area contributed by atoms with Gasteiger partial charge < -0.3 is 15.0 Å². The fraction of sp³-hybridized carbons (Fsp3) is 0.333. The van der Waals surface area contributed by atoms with Crippen LogP contribution in [0.1, 0.15) is 37.0 Å². The van der Waals surface area contributed by atoms with Crippen LogP contribution >= 0.6 is 0 Å². The fourth-order valence-electron chi connectivity index (χ4n) is 4.25. The van der Waals surface area contributed by atoms with E-state index in [1.54, 1.807) is 56.5 Å². The van der Waals surface area contributed by atoms with Crippen molar-refractivity contribution in [3.05, 3.63) is 89.5 Å². The van der Waals surface area contributed by atoms with Crippen LogP contribution in [0.4, 0.5) is 5.69 Å². The smallest absolute Gasteiger partial charge is 0.264 e. The van der Waals surface area contributed by atoms with Crippen LogP contribution in [0, 0.1) is 13.8 Å². The van der Waals surface area contributed by atoms with E-state index < -0.39 is 28.5 Å². The molecule has 3 aromatic carbocycles. The molecule has 0 saturated heterocycles. The molecule has 2 amide bonds. The lowest BCUT2D eigenvalue weighted by Crippen LogP contribution is -2.51. The number of sulfonamides is 1. The average molecular weight is 552 g/mol. The van der Waals surface area contributed by atoms with Gasteiger partial charge >= 0.3 is 0 Å². The summed E-state index contributed by atoms with van der Waals surface area (Å²) in [6.45, 7) is 7.48. The van der Waals surface area contributed by atoms with Crippen LogP contribution in [-0.4, -0.2) is 51.4 Å². The number of methoxy groups -OCH3 is 1. The zero-order chi connectivity index (χ0) is 28.6. The van der Waals surface area contributed by atoms with Gasteiger partial charge in [-0.15, -0.1) is 0 Å². The van der Waals surface area contributed by atoms with Gasteiger partial charge in [-0.25, -0.2) is 8.42 Å². The van der Waals surface area contributed by atoms with Crippen molar-refractivity contribution in [2.45, 2.75) is 51.6 Å². The molecule has 0 heterocycles. The molecule has 0 radical (unpaired) electrons. The monoisotopic (exact) mass is 551 g/mol. The van der Waals surface area contributed by atoms with Crippen LogP contribution in [0.2, 0.25) is 0 Å². The number of carbonyl (C=O) groups excluding carboxylic acids is 2. The van der Waals surface area contributed by atoms with Gasteiger partial charge in [-0.2, -0.15) is 0 Å². The van der Waals surface area contributed by atoms with Crippen molar-refractivity contribution >= 4 is 27.5 Å². The van der Waals surface area contributed by atoms with E-state index in [1.165, 1.54) is 17.0 Å². The third-order valence-corrected chi connectivity index (χ3v) is 8.12. The predicted molar refractivity (Wildman–Crippen MR) is 153 cm³/mol. The summed E-state index contributed by atoms with van der Waals surface area (Å²) < 4.78 is 34.1. The number of nitrogens with one attached hydrogen (secondary N) is 1. The molecular weight excluding hydrogens is 514 g/mol. The Bertz CT molecular complexity index is 1360. The highest BCUT2D eigenvalue weighted by Gasteiger charge is 2.32. The summed E-state index contributed by atoms with van der Waals surface area (Å²) in [7, 11) is -2.52. The van der Waals surface area contributed by atoms with Gasteiger partial charge in [0, 0.05) is 13.1 Å². The lowest BCUT2D eigenvalue weighted by atomic mass is 10.1. The highest BCUT2D eigenvalue weighted by molar-refractivity contribution is 7.92. The lowest BCUT2D eigenvalue weighted by Gasteiger charge is -2.32. The predicted octanol–water partition coefficient (Wildman–Crippen LogP) is 4.45. The van der Waals surface area contributed by atoms with E-state index in [2.05, 4.69) is 5.32 Å². The Balaban J connectivity index is 2.03. The van der Waals surface area contributed by atoms with Crippen LogP contribution in [0.15, 0.2) is 77.7 Å². The number of hydrogen-bond donors (Lipinski definition) is 1. The second kappa shape index (κ2) is 13.3. The highest BCUT2D eigenvalue weighted by atomic mass is 32.2. The summed E-state index contributed by atoms with van der Waals surface area (Å²) in [5.41, 5.74) is 2.90. The summed E-state index contributed by atoms with van der Waals surface area (Å²) in [6.07, 6.45) is 0.751. The number of aryl methyl sites for hydroxylation is 2. The largest absolute Gasteiger partial charge is 0.497 e. The summed E-state index contributed by atoms with van der Waals surface area (Å²) in [4.78, 5) is 28.4. The van der Waals surface area contributed by atoms with E-state index in [4.69, 9.17) is 4.74 Å². The molecule has 0 aliphatic heterocycles. The zero-order valence-electron chi connectivity index (χ0n) is 23.2. The second-order valence-corrected chi connectivity index (χ2v) is 11.4. The van der Waals surface area contributed by atoms with E-state index in [-0.39, 0.29) is 17.3 Å². The van der Waals surface area contributed by atoms with E-state index in [1.807, 2.05) is 39.0 Å². The first kappa shape index (κ1) is 29.7. The van der Waals surface area contributed by atoms with Crippen molar-refractivity contribution in [1.29, 1.82) is 0 Å². The van der Waals surface area contributed by atoms with E-state index in [0.717, 1.165) is 27.4 Å². The second-order valence-electron chi connectivity index (χ2n) is 9.51. The summed E-state index contributed by atoms with van der Waals surface area (Å²) in [5, 5.41) is 2.84. The van der Waals surface area contributed by atoms with E-state index in [0.29, 0.717) is 18.0 Å². The number of amides is 2. The van der Waals surface area contributed by atoms with Crippen molar-refractivity contribution in [2.75, 3.05) is 24.5 Å². The van der Waals surface area contributed by atoms with Crippen molar-refractivity contribution < 1.29 is 22.7 Å². The maximum Gasteiger partial charge on any atom is 0.264 e. The zero-order valence-corrected chi connectivity index (χ0v) is 24.0. The SMILES string of the molecule is CCCNC(=O)[C@@H](C)N(Cc1ccc(OC)cc1)C(=O)CN(c1cc(C)cc(C)c1)S(=O)(=O)c1ccccc1. The van der Waals surface area contributed by atoms with Gasteiger partial charge in [0.05, 0.1) is 17.7 Å². The van der Waals surface area contributed by atoms with Gasteiger partial charge in [0.15, 0.2) is 0 Å². The van der Waals surface area contributed by atoms with Crippen molar-refractivity contribution in [3.63, 3.8) is 0 Å². The number of anilines is 1.